The Morgan fingerprint density at radius 2 is 1.17 bits per heavy atom. The second-order valence-corrected chi connectivity index (χ2v) is 23.8. The van der Waals surface area contributed by atoms with E-state index in [9.17, 15) is 0 Å². The van der Waals surface area contributed by atoms with Gasteiger partial charge in [-0.2, -0.15) is 0 Å². The highest BCUT2D eigenvalue weighted by Crippen LogP contribution is 2.62. The molecule has 0 N–H and O–H groups in total. The van der Waals surface area contributed by atoms with E-state index in [-0.39, 0.29) is 28.5 Å². The summed E-state index contributed by atoms with van der Waals surface area (Å²) in [6, 6.07) is 50.2. The molecule has 0 radical (unpaired) electrons. The van der Waals surface area contributed by atoms with Crippen molar-refractivity contribution in [1.82, 2.24) is 0 Å². The Morgan fingerprint density at radius 3 is 1.94 bits per heavy atom. The summed E-state index contributed by atoms with van der Waals surface area (Å²) in [7, 11) is 0. The van der Waals surface area contributed by atoms with E-state index < -0.39 is 0 Å². The van der Waals surface area contributed by atoms with Gasteiger partial charge in [0.2, 0.25) is 0 Å². The maximum atomic E-state index is 2.80. The highest BCUT2D eigenvalue weighted by molar-refractivity contribution is 7.26. The van der Waals surface area contributed by atoms with Crippen LogP contribution >= 0.6 is 11.3 Å². The Morgan fingerprint density at radius 1 is 0.530 bits per heavy atom. The first-order valence-electron chi connectivity index (χ1n) is 24.4. The molecular formula is C61H62BN3S. The Labute approximate surface area is 397 Å². The molecule has 330 valence electrons. The van der Waals surface area contributed by atoms with Gasteiger partial charge in [-0.15, -0.1) is 11.3 Å². The SMILES string of the molecule is Cc1cc2c3c(c1)N(c1cccc4c1sc1ccccc14)c1cc(N4c5cc(C)cc(C)c5C5(C)CCCCC45C)ccc1B3c1ccc(C(C)(C)C)cc1N2c1cccc(C(C)(C)C)c1. The highest BCUT2D eigenvalue weighted by atomic mass is 32.1. The van der Waals surface area contributed by atoms with Crippen molar-refractivity contribution in [3.05, 3.63) is 161 Å². The molecule has 4 heterocycles. The summed E-state index contributed by atoms with van der Waals surface area (Å²) in [5.41, 5.74) is 22.6. The van der Waals surface area contributed by atoms with Crippen LogP contribution in [0.5, 0.6) is 0 Å². The normalized spacial score (nSPS) is 19.8. The van der Waals surface area contributed by atoms with E-state index in [2.05, 4.69) is 218 Å². The maximum Gasteiger partial charge on any atom is 0.252 e. The zero-order valence-corrected chi connectivity index (χ0v) is 41.6. The van der Waals surface area contributed by atoms with Crippen LogP contribution < -0.4 is 31.1 Å². The van der Waals surface area contributed by atoms with Crippen molar-refractivity contribution in [2.45, 2.75) is 124 Å². The van der Waals surface area contributed by atoms with Crippen LogP contribution in [0, 0.1) is 20.8 Å². The first-order chi connectivity index (χ1) is 31.5. The van der Waals surface area contributed by atoms with Gasteiger partial charge >= 0.3 is 0 Å². The summed E-state index contributed by atoms with van der Waals surface area (Å²) in [5.74, 6) is 0. The van der Waals surface area contributed by atoms with Crippen molar-refractivity contribution >= 4 is 100 Å². The Bertz CT molecular complexity index is 3350. The molecule has 3 nitrogen and oxygen atoms in total. The quantitative estimate of drug-likeness (QED) is 0.164. The van der Waals surface area contributed by atoms with Crippen molar-refractivity contribution in [3.63, 3.8) is 0 Å². The predicted molar refractivity (Wildman–Crippen MR) is 288 cm³/mol. The van der Waals surface area contributed by atoms with Crippen LogP contribution in [0.4, 0.5) is 45.5 Å². The Kier molecular flexibility index (Phi) is 8.91. The van der Waals surface area contributed by atoms with Crippen LogP contribution in [-0.2, 0) is 16.2 Å². The van der Waals surface area contributed by atoms with E-state index >= 15 is 0 Å². The minimum atomic E-state index is -0.0596. The fourth-order valence-electron chi connectivity index (χ4n) is 13.1. The third-order valence-electron chi connectivity index (χ3n) is 16.4. The first-order valence-corrected chi connectivity index (χ1v) is 25.2. The van der Waals surface area contributed by atoms with Crippen molar-refractivity contribution < 1.29 is 0 Å². The number of aryl methyl sites for hydroxylation is 3. The van der Waals surface area contributed by atoms with Crippen LogP contribution in [0.1, 0.15) is 114 Å². The molecule has 7 aromatic carbocycles. The Hall–Kier alpha value is -5.78. The minimum Gasteiger partial charge on any atom is -0.334 e. The lowest BCUT2D eigenvalue weighted by Crippen LogP contribution is -2.61. The molecule has 0 bridgehead atoms. The molecule has 66 heavy (non-hydrogen) atoms. The number of fused-ring (bicyclic) bond motifs is 10. The van der Waals surface area contributed by atoms with Crippen LogP contribution in [0.25, 0.3) is 20.2 Å². The molecule has 0 spiro atoms. The predicted octanol–water partition coefficient (Wildman–Crippen LogP) is 15.4. The molecule has 4 aliphatic rings. The van der Waals surface area contributed by atoms with E-state index in [0.29, 0.717) is 0 Å². The maximum absolute atomic E-state index is 2.80. The molecule has 8 aromatic rings. The van der Waals surface area contributed by atoms with Gasteiger partial charge in [-0.3, -0.25) is 0 Å². The number of hydrogen-bond acceptors (Lipinski definition) is 4. The van der Waals surface area contributed by atoms with Gasteiger partial charge in [-0.1, -0.05) is 128 Å². The number of nitrogens with zero attached hydrogens (tertiary/aromatic N) is 3. The largest absolute Gasteiger partial charge is 0.334 e. The van der Waals surface area contributed by atoms with E-state index in [1.54, 1.807) is 5.56 Å². The zero-order chi connectivity index (χ0) is 45.8. The molecule has 2 unspecified atom stereocenters. The van der Waals surface area contributed by atoms with Gasteiger partial charge in [0.25, 0.3) is 6.71 Å². The lowest BCUT2D eigenvalue weighted by molar-refractivity contribution is 0.194. The van der Waals surface area contributed by atoms with Crippen LogP contribution in [0.2, 0.25) is 0 Å². The van der Waals surface area contributed by atoms with Gasteiger partial charge in [0, 0.05) is 60.7 Å². The van der Waals surface area contributed by atoms with Gasteiger partial charge in [-0.05, 0) is 162 Å². The lowest BCUT2D eigenvalue weighted by atomic mass is 9.33. The molecule has 1 aromatic heterocycles. The molecule has 1 aliphatic carbocycles. The minimum absolute atomic E-state index is 0.00616. The summed E-state index contributed by atoms with van der Waals surface area (Å²) in [4.78, 5) is 8.08. The van der Waals surface area contributed by atoms with E-state index in [1.807, 2.05) is 11.3 Å². The van der Waals surface area contributed by atoms with Gasteiger partial charge < -0.3 is 14.7 Å². The summed E-state index contributed by atoms with van der Waals surface area (Å²) >= 11 is 1.93. The van der Waals surface area contributed by atoms with Crippen LogP contribution in [0.15, 0.2) is 127 Å². The molecule has 0 amide bonds. The van der Waals surface area contributed by atoms with Gasteiger partial charge in [0.05, 0.1) is 15.9 Å². The van der Waals surface area contributed by atoms with Gasteiger partial charge in [0.1, 0.15) is 0 Å². The second-order valence-electron chi connectivity index (χ2n) is 22.8. The Balaban J connectivity index is 1.18. The zero-order valence-electron chi connectivity index (χ0n) is 40.8. The number of thiophene rings is 1. The number of anilines is 8. The molecule has 5 heteroatoms. The lowest BCUT2D eigenvalue weighted by Gasteiger charge is -2.51. The second kappa shape index (κ2) is 14.1. The monoisotopic (exact) mass is 879 g/mol. The fourth-order valence-corrected chi connectivity index (χ4v) is 14.3. The standard InChI is InChI=1S/C61H62BN3S/c1-37-30-39(3)55-51(31-37)65(61(11)29-15-14-28-60(55,61)10)43-25-27-47-50(36-43)64(48-22-17-21-45-44-20-12-13-23-54(44)66-57(45)48)53-33-38(2)32-52-56(53)62(47)46-26-24-41(59(7,8)9)35-49(46)63(52)42-19-16-18-40(34-42)58(4,5)6/h12-13,16-27,30-36H,14-15,28-29H2,1-11H3. The third-order valence-corrected chi connectivity index (χ3v) is 17.7. The van der Waals surface area contributed by atoms with Gasteiger partial charge in [-0.25, -0.2) is 0 Å². The molecule has 0 saturated heterocycles. The van der Waals surface area contributed by atoms with Crippen molar-refractivity contribution in [3.8, 4) is 0 Å². The third kappa shape index (κ3) is 5.81. The molecule has 1 saturated carbocycles. The van der Waals surface area contributed by atoms with E-state index in [4.69, 9.17) is 0 Å². The summed E-state index contributed by atoms with van der Waals surface area (Å²) in [5, 5.41) is 2.65. The smallest absolute Gasteiger partial charge is 0.252 e. The first kappa shape index (κ1) is 41.6. The topological polar surface area (TPSA) is 9.72 Å². The molecular weight excluding hydrogens is 818 g/mol. The van der Waals surface area contributed by atoms with E-state index in [0.717, 1.165) is 0 Å². The summed E-state index contributed by atoms with van der Waals surface area (Å²) < 4.78 is 2.65. The average Bonchev–Trinajstić information content (AvgIpc) is 3.75. The number of benzene rings is 7. The highest BCUT2D eigenvalue weighted by Gasteiger charge is 2.58. The van der Waals surface area contributed by atoms with Crippen LogP contribution in [-0.4, -0.2) is 12.3 Å². The summed E-state index contributed by atoms with van der Waals surface area (Å²) in [6.07, 6.45) is 4.90. The molecule has 2 atom stereocenters. The number of hydrogen-bond donors (Lipinski definition) is 0. The molecule has 1 fully saturated rings. The van der Waals surface area contributed by atoms with Gasteiger partial charge in [0.15, 0.2) is 0 Å². The fraction of sp³-hybridized carbons (Fsp3) is 0.311. The van der Waals surface area contributed by atoms with Crippen molar-refractivity contribution in [2.75, 3.05) is 14.7 Å². The van der Waals surface area contributed by atoms with Crippen LogP contribution in [0.3, 0.4) is 0 Å². The summed E-state index contributed by atoms with van der Waals surface area (Å²) in [6.45, 7) is 26.2. The van der Waals surface area contributed by atoms with Crippen molar-refractivity contribution in [1.29, 1.82) is 0 Å². The average molecular weight is 880 g/mol. The van der Waals surface area contributed by atoms with Crippen molar-refractivity contribution in [2.24, 2.45) is 0 Å². The van der Waals surface area contributed by atoms with E-state index in [1.165, 1.54) is 136 Å². The molecule has 12 rings (SSSR count). The molecule has 3 aliphatic heterocycles. The number of rotatable bonds is 3.